The van der Waals surface area contributed by atoms with Crippen molar-refractivity contribution in [1.82, 2.24) is 10.6 Å². The zero-order chi connectivity index (χ0) is 16.1. The van der Waals surface area contributed by atoms with Crippen molar-refractivity contribution < 1.29 is 14.3 Å². The van der Waals surface area contributed by atoms with E-state index in [0.717, 1.165) is 23.3 Å². The summed E-state index contributed by atoms with van der Waals surface area (Å²) >= 11 is 5.93. The highest BCUT2D eigenvalue weighted by Crippen LogP contribution is 2.32. The number of nitrogens with one attached hydrogen (secondary N) is 2. The Hall–Kier alpha value is -2.40. The maximum absolute atomic E-state index is 11.8. The van der Waals surface area contributed by atoms with Gasteiger partial charge in [0.25, 0.3) is 0 Å². The van der Waals surface area contributed by atoms with Gasteiger partial charge in [0, 0.05) is 18.1 Å². The van der Waals surface area contributed by atoms with Crippen LogP contribution < -0.4 is 20.1 Å². The van der Waals surface area contributed by atoms with E-state index in [4.69, 9.17) is 21.1 Å². The largest absolute Gasteiger partial charge is 0.454 e. The van der Waals surface area contributed by atoms with E-state index in [1.54, 1.807) is 0 Å². The van der Waals surface area contributed by atoms with Gasteiger partial charge in [-0.3, -0.25) is 0 Å². The summed E-state index contributed by atoms with van der Waals surface area (Å²) in [6, 6.07) is 13.0. The van der Waals surface area contributed by atoms with E-state index in [1.807, 2.05) is 42.5 Å². The number of benzene rings is 2. The first-order valence-corrected chi connectivity index (χ1v) is 7.73. The number of hydrogen-bond donors (Lipinski definition) is 2. The number of rotatable bonds is 5. The molecule has 2 N–H and O–H groups in total. The normalized spacial score (nSPS) is 12.0. The standard InChI is InChI=1S/C17H17ClN2O3/c18-14-3-1-2-12(8-14)6-7-19-17(21)20-10-13-4-5-15-16(9-13)23-11-22-15/h1-5,8-9H,6-7,10-11H2,(H2,19,20,21). The predicted octanol–water partition coefficient (Wildman–Crippen LogP) is 3.11. The molecule has 2 amide bonds. The van der Waals surface area contributed by atoms with Gasteiger partial charge in [0.2, 0.25) is 6.79 Å². The fraction of sp³-hybridized carbons (Fsp3) is 0.235. The molecule has 2 aromatic rings. The van der Waals surface area contributed by atoms with E-state index in [1.165, 1.54) is 0 Å². The maximum atomic E-state index is 11.8. The van der Waals surface area contributed by atoms with Crippen LogP contribution in [-0.4, -0.2) is 19.4 Å². The van der Waals surface area contributed by atoms with Crippen molar-refractivity contribution in [1.29, 1.82) is 0 Å². The number of carbonyl (C=O) groups is 1. The molecule has 0 unspecified atom stereocenters. The molecule has 6 heteroatoms. The second-order valence-corrected chi connectivity index (χ2v) is 5.61. The number of carbonyl (C=O) groups excluding carboxylic acids is 1. The Bertz CT molecular complexity index is 706. The lowest BCUT2D eigenvalue weighted by Gasteiger charge is -2.08. The van der Waals surface area contributed by atoms with Crippen molar-refractivity contribution in [2.24, 2.45) is 0 Å². The molecule has 0 spiro atoms. The maximum Gasteiger partial charge on any atom is 0.315 e. The molecule has 0 aliphatic carbocycles. The van der Waals surface area contributed by atoms with Crippen molar-refractivity contribution in [2.45, 2.75) is 13.0 Å². The summed E-state index contributed by atoms with van der Waals surface area (Å²) in [6.07, 6.45) is 0.734. The summed E-state index contributed by atoms with van der Waals surface area (Å²) in [7, 11) is 0. The molecule has 3 rings (SSSR count). The van der Waals surface area contributed by atoms with Gasteiger partial charge in [0.1, 0.15) is 0 Å². The summed E-state index contributed by atoms with van der Waals surface area (Å²) in [6.45, 7) is 1.23. The van der Waals surface area contributed by atoms with E-state index in [9.17, 15) is 4.79 Å². The van der Waals surface area contributed by atoms with Gasteiger partial charge in [-0.1, -0.05) is 29.8 Å². The van der Waals surface area contributed by atoms with E-state index in [0.29, 0.717) is 23.9 Å². The van der Waals surface area contributed by atoms with Crippen molar-refractivity contribution in [3.63, 3.8) is 0 Å². The molecule has 0 aromatic heterocycles. The van der Waals surface area contributed by atoms with Crippen LogP contribution in [0, 0.1) is 0 Å². The van der Waals surface area contributed by atoms with Gasteiger partial charge >= 0.3 is 6.03 Å². The molecule has 0 saturated heterocycles. The fourth-order valence-corrected chi connectivity index (χ4v) is 2.52. The Balaban J connectivity index is 1.41. The van der Waals surface area contributed by atoms with Crippen LogP contribution >= 0.6 is 11.6 Å². The summed E-state index contributed by atoms with van der Waals surface area (Å²) in [5.41, 5.74) is 2.05. The number of ether oxygens (including phenoxy) is 2. The number of amides is 2. The summed E-state index contributed by atoms with van der Waals surface area (Å²) in [4.78, 5) is 11.8. The molecule has 0 atom stereocenters. The molecule has 0 bridgehead atoms. The van der Waals surface area contributed by atoms with Crippen LogP contribution in [0.5, 0.6) is 11.5 Å². The SMILES string of the molecule is O=C(NCCc1cccc(Cl)c1)NCc1ccc2c(c1)OCO2. The quantitative estimate of drug-likeness (QED) is 0.884. The fourth-order valence-electron chi connectivity index (χ4n) is 2.31. The van der Waals surface area contributed by atoms with Gasteiger partial charge in [-0.25, -0.2) is 4.79 Å². The molecule has 0 saturated carbocycles. The van der Waals surface area contributed by atoms with Gasteiger partial charge in [0.05, 0.1) is 0 Å². The van der Waals surface area contributed by atoms with Gasteiger partial charge < -0.3 is 20.1 Å². The van der Waals surface area contributed by atoms with Crippen molar-refractivity contribution in [3.05, 3.63) is 58.6 Å². The molecule has 5 nitrogen and oxygen atoms in total. The topological polar surface area (TPSA) is 59.6 Å². The van der Waals surface area contributed by atoms with Gasteiger partial charge in [-0.2, -0.15) is 0 Å². The summed E-state index contributed by atoms with van der Waals surface area (Å²) in [5.74, 6) is 1.45. The average Bonchev–Trinajstić information content (AvgIpc) is 3.00. The lowest BCUT2D eigenvalue weighted by atomic mass is 10.1. The minimum absolute atomic E-state index is 0.204. The Morgan fingerprint density at radius 3 is 2.78 bits per heavy atom. The minimum atomic E-state index is -0.204. The summed E-state index contributed by atoms with van der Waals surface area (Å²) < 4.78 is 10.6. The molecule has 1 heterocycles. The first-order valence-electron chi connectivity index (χ1n) is 7.35. The smallest absolute Gasteiger partial charge is 0.315 e. The van der Waals surface area contributed by atoms with Crippen LogP contribution in [0.2, 0.25) is 5.02 Å². The predicted molar refractivity (Wildman–Crippen MR) is 88.0 cm³/mol. The highest BCUT2D eigenvalue weighted by atomic mass is 35.5. The van der Waals surface area contributed by atoms with E-state index < -0.39 is 0 Å². The number of urea groups is 1. The van der Waals surface area contributed by atoms with Crippen molar-refractivity contribution in [3.8, 4) is 11.5 Å². The third-order valence-electron chi connectivity index (χ3n) is 3.48. The average molecular weight is 333 g/mol. The Labute approximate surface area is 139 Å². The Kier molecular flexibility index (Phi) is 4.88. The zero-order valence-electron chi connectivity index (χ0n) is 12.5. The Morgan fingerprint density at radius 2 is 1.91 bits per heavy atom. The molecule has 0 radical (unpaired) electrons. The third-order valence-corrected chi connectivity index (χ3v) is 3.71. The first-order chi connectivity index (χ1) is 11.2. The molecule has 0 fully saturated rings. The van der Waals surface area contributed by atoms with E-state index >= 15 is 0 Å². The van der Waals surface area contributed by atoms with Crippen LogP contribution in [0.15, 0.2) is 42.5 Å². The lowest BCUT2D eigenvalue weighted by molar-refractivity contribution is 0.174. The minimum Gasteiger partial charge on any atom is -0.454 e. The van der Waals surface area contributed by atoms with Crippen molar-refractivity contribution in [2.75, 3.05) is 13.3 Å². The zero-order valence-corrected chi connectivity index (χ0v) is 13.2. The highest BCUT2D eigenvalue weighted by Gasteiger charge is 2.13. The van der Waals surface area contributed by atoms with Gasteiger partial charge in [0.15, 0.2) is 11.5 Å². The molecule has 23 heavy (non-hydrogen) atoms. The van der Waals surface area contributed by atoms with Gasteiger partial charge in [-0.15, -0.1) is 0 Å². The van der Waals surface area contributed by atoms with E-state index in [2.05, 4.69) is 10.6 Å². The highest BCUT2D eigenvalue weighted by molar-refractivity contribution is 6.30. The monoisotopic (exact) mass is 332 g/mol. The number of fused-ring (bicyclic) bond motifs is 1. The van der Waals surface area contributed by atoms with E-state index in [-0.39, 0.29) is 12.8 Å². The third kappa shape index (κ3) is 4.29. The first kappa shape index (κ1) is 15.5. The second kappa shape index (κ2) is 7.24. The number of halogens is 1. The molecular weight excluding hydrogens is 316 g/mol. The van der Waals surface area contributed by atoms with Crippen LogP contribution in [0.1, 0.15) is 11.1 Å². The molecule has 120 valence electrons. The van der Waals surface area contributed by atoms with Gasteiger partial charge in [-0.05, 0) is 41.8 Å². The lowest BCUT2D eigenvalue weighted by Crippen LogP contribution is -2.36. The summed E-state index contributed by atoms with van der Waals surface area (Å²) in [5, 5.41) is 6.34. The molecule has 2 aromatic carbocycles. The van der Waals surface area contributed by atoms with Crippen LogP contribution in [0.3, 0.4) is 0 Å². The number of hydrogen-bond acceptors (Lipinski definition) is 3. The van der Waals surface area contributed by atoms with Crippen LogP contribution in [0.25, 0.3) is 0 Å². The van der Waals surface area contributed by atoms with Crippen molar-refractivity contribution >= 4 is 17.6 Å². The molecule has 1 aliphatic rings. The molecular formula is C17H17ClN2O3. The molecule has 1 aliphatic heterocycles. The van der Waals surface area contributed by atoms with Crippen LogP contribution in [-0.2, 0) is 13.0 Å². The van der Waals surface area contributed by atoms with Crippen LogP contribution in [0.4, 0.5) is 4.79 Å². The Morgan fingerprint density at radius 1 is 1.04 bits per heavy atom. The second-order valence-electron chi connectivity index (χ2n) is 5.18.